The van der Waals surface area contributed by atoms with Gasteiger partial charge in [-0.15, -0.1) is 0 Å². The normalized spacial score (nSPS) is 12.3. The SMILES string of the molecule is CCOc1ccccc1N(CCCC(=O)N[C@H](CC)c1ccc(C)c(C)c1)S(C)(=O)=O. The molecule has 0 saturated heterocycles. The zero-order valence-corrected chi connectivity index (χ0v) is 20.0. The van der Waals surface area contributed by atoms with Crippen molar-refractivity contribution >= 4 is 21.6 Å². The summed E-state index contributed by atoms with van der Waals surface area (Å²) in [6.45, 7) is 8.66. The van der Waals surface area contributed by atoms with Crippen LogP contribution in [0, 0.1) is 13.8 Å². The lowest BCUT2D eigenvalue weighted by atomic mass is 9.99. The van der Waals surface area contributed by atoms with Gasteiger partial charge in [0.1, 0.15) is 5.75 Å². The lowest BCUT2D eigenvalue weighted by Gasteiger charge is -2.25. The van der Waals surface area contributed by atoms with E-state index >= 15 is 0 Å². The van der Waals surface area contributed by atoms with E-state index in [0.717, 1.165) is 12.0 Å². The van der Waals surface area contributed by atoms with Gasteiger partial charge in [0.2, 0.25) is 15.9 Å². The third kappa shape index (κ3) is 6.99. The second kappa shape index (κ2) is 11.2. The van der Waals surface area contributed by atoms with E-state index < -0.39 is 10.0 Å². The Labute approximate surface area is 186 Å². The van der Waals surface area contributed by atoms with E-state index in [-0.39, 0.29) is 24.9 Å². The Morgan fingerprint density at radius 1 is 1.10 bits per heavy atom. The molecule has 0 bridgehead atoms. The zero-order chi connectivity index (χ0) is 23.0. The first-order valence-corrected chi connectivity index (χ1v) is 12.6. The molecule has 0 spiro atoms. The second-order valence-electron chi connectivity index (χ2n) is 7.71. The van der Waals surface area contributed by atoms with Crippen LogP contribution in [-0.2, 0) is 14.8 Å². The number of sulfonamides is 1. The molecule has 170 valence electrons. The average molecular weight is 447 g/mol. The molecule has 0 radical (unpaired) electrons. The summed E-state index contributed by atoms with van der Waals surface area (Å²) in [4.78, 5) is 12.6. The fourth-order valence-electron chi connectivity index (χ4n) is 3.46. The highest BCUT2D eigenvalue weighted by molar-refractivity contribution is 7.92. The lowest BCUT2D eigenvalue weighted by molar-refractivity contribution is -0.121. The van der Waals surface area contributed by atoms with Crippen molar-refractivity contribution in [2.24, 2.45) is 0 Å². The maximum Gasteiger partial charge on any atom is 0.232 e. The van der Waals surface area contributed by atoms with Gasteiger partial charge in [0.25, 0.3) is 0 Å². The first-order valence-electron chi connectivity index (χ1n) is 10.7. The monoisotopic (exact) mass is 446 g/mol. The number of hydrogen-bond donors (Lipinski definition) is 1. The first kappa shape index (κ1) is 24.7. The van der Waals surface area contributed by atoms with E-state index in [0.29, 0.717) is 24.5 Å². The quantitative estimate of drug-likeness (QED) is 0.551. The molecule has 0 fully saturated rings. The van der Waals surface area contributed by atoms with Crippen molar-refractivity contribution in [2.75, 3.05) is 23.7 Å². The Kier molecular flexibility index (Phi) is 8.92. The van der Waals surface area contributed by atoms with E-state index in [1.165, 1.54) is 21.7 Å². The maximum absolute atomic E-state index is 12.6. The van der Waals surface area contributed by atoms with Gasteiger partial charge in [-0.2, -0.15) is 0 Å². The molecule has 0 heterocycles. The third-order valence-electron chi connectivity index (χ3n) is 5.28. The van der Waals surface area contributed by atoms with Crippen LogP contribution in [0.5, 0.6) is 5.75 Å². The van der Waals surface area contributed by atoms with Gasteiger partial charge in [-0.05, 0) is 62.4 Å². The molecule has 0 aliphatic heterocycles. The summed E-state index contributed by atoms with van der Waals surface area (Å²) in [7, 11) is -3.51. The number of amides is 1. The molecule has 2 rings (SSSR count). The highest BCUT2D eigenvalue weighted by Crippen LogP contribution is 2.30. The molecule has 0 aromatic heterocycles. The van der Waals surface area contributed by atoms with Crippen molar-refractivity contribution < 1.29 is 17.9 Å². The number of nitrogens with one attached hydrogen (secondary N) is 1. The highest BCUT2D eigenvalue weighted by atomic mass is 32.2. The fraction of sp³-hybridized carbons (Fsp3) is 0.458. The van der Waals surface area contributed by atoms with Gasteiger partial charge < -0.3 is 10.1 Å². The Balaban J connectivity index is 2.03. The smallest absolute Gasteiger partial charge is 0.232 e. The molecule has 7 heteroatoms. The molecule has 31 heavy (non-hydrogen) atoms. The molecule has 1 amide bonds. The van der Waals surface area contributed by atoms with Gasteiger partial charge in [-0.25, -0.2) is 8.42 Å². The molecule has 0 aliphatic rings. The van der Waals surface area contributed by atoms with Crippen LogP contribution in [0.3, 0.4) is 0 Å². The minimum absolute atomic E-state index is 0.0588. The van der Waals surface area contributed by atoms with Gasteiger partial charge in [0, 0.05) is 13.0 Å². The van der Waals surface area contributed by atoms with Gasteiger partial charge in [0.05, 0.1) is 24.6 Å². The number of rotatable bonds is 11. The van der Waals surface area contributed by atoms with Crippen molar-refractivity contribution in [2.45, 2.75) is 53.0 Å². The Bertz CT molecular complexity index is 989. The van der Waals surface area contributed by atoms with Crippen LogP contribution in [0.4, 0.5) is 5.69 Å². The molecular weight excluding hydrogens is 412 g/mol. The molecule has 6 nitrogen and oxygen atoms in total. The van der Waals surface area contributed by atoms with Crippen molar-refractivity contribution in [1.29, 1.82) is 0 Å². The minimum atomic E-state index is -3.51. The van der Waals surface area contributed by atoms with Gasteiger partial charge in [-0.1, -0.05) is 37.3 Å². The zero-order valence-electron chi connectivity index (χ0n) is 19.1. The summed E-state index contributed by atoms with van der Waals surface area (Å²) in [5, 5.41) is 3.08. The molecular formula is C24H34N2O4S. The van der Waals surface area contributed by atoms with Gasteiger partial charge in [-0.3, -0.25) is 9.10 Å². The van der Waals surface area contributed by atoms with Crippen LogP contribution in [0.25, 0.3) is 0 Å². The average Bonchev–Trinajstić information content (AvgIpc) is 2.71. The number of ether oxygens (including phenoxy) is 1. The number of hydrogen-bond acceptors (Lipinski definition) is 4. The van der Waals surface area contributed by atoms with Crippen molar-refractivity contribution in [3.8, 4) is 5.75 Å². The number of aryl methyl sites for hydroxylation is 2. The van der Waals surface area contributed by atoms with Crippen molar-refractivity contribution in [1.82, 2.24) is 5.32 Å². The standard InChI is InChI=1S/C24H34N2O4S/c1-6-21(20-15-14-18(3)19(4)17-20)25-24(27)13-10-16-26(31(5,28)29)22-11-8-9-12-23(22)30-7-2/h8-9,11-12,14-15,17,21H,6-7,10,13,16H2,1-5H3,(H,25,27)/t21-/m1/s1. The molecule has 1 atom stereocenters. The molecule has 0 saturated carbocycles. The Hall–Kier alpha value is -2.54. The topological polar surface area (TPSA) is 75.7 Å². The molecule has 2 aromatic rings. The fourth-order valence-corrected chi connectivity index (χ4v) is 4.43. The van der Waals surface area contributed by atoms with Crippen LogP contribution in [0.2, 0.25) is 0 Å². The van der Waals surface area contributed by atoms with E-state index in [2.05, 4.69) is 31.3 Å². The summed E-state index contributed by atoms with van der Waals surface area (Å²) in [6, 6.07) is 13.2. The number of carbonyl (C=O) groups is 1. The lowest BCUT2D eigenvalue weighted by Crippen LogP contribution is -2.33. The summed E-state index contributed by atoms with van der Waals surface area (Å²) in [6.07, 6.45) is 2.60. The minimum Gasteiger partial charge on any atom is -0.492 e. The first-order chi connectivity index (χ1) is 14.7. The number of anilines is 1. The Morgan fingerprint density at radius 2 is 1.81 bits per heavy atom. The Morgan fingerprint density at radius 3 is 2.42 bits per heavy atom. The number of carbonyl (C=O) groups excluding carboxylic acids is 1. The number of nitrogens with zero attached hydrogens (tertiary/aromatic N) is 1. The molecule has 0 unspecified atom stereocenters. The van der Waals surface area contributed by atoms with Crippen LogP contribution in [-0.4, -0.2) is 33.7 Å². The number of benzene rings is 2. The predicted molar refractivity (Wildman–Crippen MR) is 126 cm³/mol. The van der Waals surface area contributed by atoms with Gasteiger partial charge >= 0.3 is 0 Å². The highest BCUT2D eigenvalue weighted by Gasteiger charge is 2.21. The molecule has 1 N–H and O–H groups in total. The van der Waals surface area contributed by atoms with E-state index in [9.17, 15) is 13.2 Å². The second-order valence-corrected chi connectivity index (χ2v) is 9.62. The summed E-state index contributed by atoms with van der Waals surface area (Å²) in [5.74, 6) is 0.428. The van der Waals surface area contributed by atoms with Crippen LogP contribution < -0.4 is 14.4 Å². The van der Waals surface area contributed by atoms with E-state index in [1.807, 2.05) is 19.9 Å². The van der Waals surface area contributed by atoms with Crippen LogP contribution in [0.1, 0.15) is 55.8 Å². The molecule has 0 aliphatic carbocycles. The van der Waals surface area contributed by atoms with E-state index in [1.54, 1.807) is 24.3 Å². The number of para-hydroxylation sites is 2. The maximum atomic E-state index is 12.6. The summed E-state index contributed by atoms with van der Waals surface area (Å²) < 4.78 is 31.7. The largest absolute Gasteiger partial charge is 0.492 e. The van der Waals surface area contributed by atoms with Gasteiger partial charge in [0.15, 0.2) is 0 Å². The van der Waals surface area contributed by atoms with Crippen molar-refractivity contribution in [3.63, 3.8) is 0 Å². The predicted octanol–water partition coefficient (Wildman–Crippen LogP) is 4.52. The van der Waals surface area contributed by atoms with Crippen molar-refractivity contribution in [3.05, 3.63) is 59.2 Å². The van der Waals surface area contributed by atoms with Crippen LogP contribution in [0.15, 0.2) is 42.5 Å². The van der Waals surface area contributed by atoms with E-state index in [4.69, 9.17) is 4.74 Å². The third-order valence-corrected chi connectivity index (χ3v) is 6.46. The van der Waals surface area contributed by atoms with Crippen LogP contribution >= 0.6 is 0 Å². The molecule has 2 aromatic carbocycles. The summed E-state index contributed by atoms with van der Waals surface area (Å²) in [5.41, 5.74) is 4.00. The summed E-state index contributed by atoms with van der Waals surface area (Å²) >= 11 is 0.